The molecule has 91 heavy (non-hydrogen) atoms. The number of rotatable bonds is 79. The molecule has 0 heterocycles. The third kappa shape index (κ3) is 75.5. The molecule has 0 aliphatic carbocycles. The van der Waals surface area contributed by atoms with Crippen molar-refractivity contribution in [1.82, 2.24) is 0 Å². The first-order valence-electron chi connectivity index (χ1n) is 41.2. The van der Waals surface area contributed by atoms with Gasteiger partial charge < -0.3 is 33.3 Å². The predicted octanol–water partition coefficient (Wildman–Crippen LogP) is 24.8. The second kappa shape index (κ2) is 74.1. The maximum absolute atomic E-state index is 13.0. The van der Waals surface area contributed by atoms with Crippen LogP contribution in [0.4, 0.5) is 0 Å². The number of carboxylic acid groups (broad SMARTS) is 1. The summed E-state index contributed by atoms with van der Waals surface area (Å²) in [6.07, 6.45) is 88.2. The van der Waals surface area contributed by atoms with E-state index in [-0.39, 0.29) is 32.2 Å². The van der Waals surface area contributed by atoms with Crippen molar-refractivity contribution in [1.29, 1.82) is 0 Å². The number of carbonyl (C=O) groups is 3. The molecule has 0 bridgehead atoms. The van der Waals surface area contributed by atoms with Crippen molar-refractivity contribution in [2.45, 2.75) is 463 Å². The number of aliphatic carboxylic acids is 1. The quantitative estimate of drug-likeness (QED) is 0.0256. The van der Waals surface area contributed by atoms with E-state index in [1.165, 1.54) is 385 Å². The van der Waals surface area contributed by atoms with Crippen LogP contribution in [0.25, 0.3) is 0 Å². The van der Waals surface area contributed by atoms with Crippen LogP contribution in [0.5, 0.6) is 0 Å². The van der Waals surface area contributed by atoms with E-state index in [1.54, 1.807) is 0 Å². The van der Waals surface area contributed by atoms with Crippen molar-refractivity contribution < 1.29 is 42.9 Å². The third-order valence-electron chi connectivity index (χ3n) is 19.4. The number of quaternary nitrogens is 1. The van der Waals surface area contributed by atoms with Gasteiger partial charge in [0.25, 0.3) is 0 Å². The van der Waals surface area contributed by atoms with Crippen molar-refractivity contribution in [3.8, 4) is 0 Å². The van der Waals surface area contributed by atoms with Gasteiger partial charge in [0, 0.05) is 12.8 Å². The molecule has 9 heteroatoms. The zero-order valence-electron chi connectivity index (χ0n) is 62.3. The number of carbonyl (C=O) groups excluding carboxylic acids is 3. The molecule has 0 fully saturated rings. The Morgan fingerprint density at radius 3 is 0.703 bits per heavy atom. The van der Waals surface area contributed by atoms with E-state index in [0.717, 1.165) is 38.5 Å². The van der Waals surface area contributed by atoms with Gasteiger partial charge in [-0.2, -0.15) is 0 Å². The standard InChI is InChI=1S/C82H161NO8/c1-6-8-10-12-14-16-18-20-22-24-26-28-30-32-34-35-36-37-38-39-40-41-42-43-44-45-47-49-51-53-55-57-59-61-63-65-67-69-71-73-80(85)91-78(77-90-82(81(86)87)88-75-74-83(3,4)5)76-89-79(84)72-70-68-66-64-62-60-58-56-54-52-50-48-46-33-31-29-27-25-23-21-19-17-15-13-11-9-7-2/h78,82H,6-77H2,1-5H3. The largest absolute Gasteiger partial charge is 0.545 e. The molecule has 0 aliphatic heterocycles. The zero-order chi connectivity index (χ0) is 66.1. The topological polar surface area (TPSA) is 111 Å². The first-order valence-corrected chi connectivity index (χ1v) is 41.2. The van der Waals surface area contributed by atoms with Crippen LogP contribution in [0, 0.1) is 0 Å². The number of nitrogens with zero attached hydrogens (tertiary/aromatic N) is 1. The highest BCUT2D eigenvalue weighted by molar-refractivity contribution is 5.70. The molecule has 0 N–H and O–H groups in total. The van der Waals surface area contributed by atoms with Crippen LogP contribution in [-0.4, -0.2) is 82.3 Å². The van der Waals surface area contributed by atoms with Crippen LogP contribution in [-0.2, 0) is 33.3 Å². The molecule has 0 spiro atoms. The molecule has 0 saturated carbocycles. The number of ether oxygens (including phenoxy) is 4. The average molecular weight is 1290 g/mol. The predicted molar refractivity (Wildman–Crippen MR) is 390 cm³/mol. The highest BCUT2D eigenvalue weighted by Gasteiger charge is 2.22. The molecule has 0 aromatic heterocycles. The number of carboxylic acids is 1. The Kier molecular flexibility index (Phi) is 72.7. The SMILES string of the molecule is CCCCCCCCCCCCCCCCCCCCCCCCCCCCCCCCCCCCCCCCCC(=O)OC(COC(=O)CCCCCCCCCCCCCCCCCCCCCCCCCCCCC)COC(OCC[N+](C)(C)C)C(=O)[O-]. The van der Waals surface area contributed by atoms with Gasteiger partial charge in [-0.25, -0.2) is 0 Å². The summed E-state index contributed by atoms with van der Waals surface area (Å²) in [6.45, 7) is 4.86. The minimum atomic E-state index is -1.62. The summed E-state index contributed by atoms with van der Waals surface area (Å²) in [5.41, 5.74) is 0. The zero-order valence-corrected chi connectivity index (χ0v) is 62.3. The van der Waals surface area contributed by atoms with Crippen LogP contribution >= 0.6 is 0 Å². The number of hydrogen-bond donors (Lipinski definition) is 0. The summed E-state index contributed by atoms with van der Waals surface area (Å²) in [5.74, 6) is -2.24. The van der Waals surface area contributed by atoms with Gasteiger partial charge >= 0.3 is 11.9 Å². The highest BCUT2D eigenvalue weighted by atomic mass is 16.7. The van der Waals surface area contributed by atoms with Crippen molar-refractivity contribution in [2.24, 2.45) is 0 Å². The van der Waals surface area contributed by atoms with E-state index >= 15 is 0 Å². The molecule has 0 aliphatic rings. The minimum absolute atomic E-state index is 0.154. The number of hydrogen-bond acceptors (Lipinski definition) is 8. The normalized spacial score (nSPS) is 12.5. The molecule has 0 saturated heterocycles. The van der Waals surface area contributed by atoms with Gasteiger partial charge in [0.05, 0.1) is 40.3 Å². The molecule has 542 valence electrons. The molecule has 9 nitrogen and oxygen atoms in total. The Bertz CT molecular complexity index is 1450. The lowest BCUT2D eigenvalue weighted by Gasteiger charge is -2.26. The molecule has 0 aromatic carbocycles. The molecular formula is C82H161NO8. The lowest BCUT2D eigenvalue weighted by atomic mass is 10.0. The van der Waals surface area contributed by atoms with E-state index in [2.05, 4.69) is 13.8 Å². The van der Waals surface area contributed by atoms with Gasteiger partial charge in [0.15, 0.2) is 12.4 Å². The summed E-state index contributed by atoms with van der Waals surface area (Å²) < 4.78 is 22.9. The summed E-state index contributed by atoms with van der Waals surface area (Å²) in [5, 5.41) is 11.9. The van der Waals surface area contributed by atoms with Gasteiger partial charge in [0.2, 0.25) is 0 Å². The average Bonchev–Trinajstić information content (AvgIpc) is 3.46. The first kappa shape index (κ1) is 89.3. The monoisotopic (exact) mass is 1290 g/mol. The van der Waals surface area contributed by atoms with E-state index in [1.807, 2.05) is 21.1 Å². The van der Waals surface area contributed by atoms with Crippen molar-refractivity contribution in [3.05, 3.63) is 0 Å². The second-order valence-corrected chi connectivity index (χ2v) is 29.8. The lowest BCUT2D eigenvalue weighted by Crippen LogP contribution is -2.44. The summed E-state index contributed by atoms with van der Waals surface area (Å²) in [7, 11) is 5.96. The van der Waals surface area contributed by atoms with E-state index in [4.69, 9.17) is 18.9 Å². The molecule has 0 aromatic rings. The minimum Gasteiger partial charge on any atom is -0.545 e. The summed E-state index contributed by atoms with van der Waals surface area (Å²) in [4.78, 5) is 37.6. The highest BCUT2D eigenvalue weighted by Crippen LogP contribution is 2.21. The Balaban J connectivity index is 3.91. The number of likely N-dealkylation sites (N-methyl/N-ethyl adjacent to an activating group) is 1. The lowest BCUT2D eigenvalue weighted by molar-refractivity contribution is -0.870. The summed E-state index contributed by atoms with van der Waals surface area (Å²) >= 11 is 0. The fourth-order valence-electron chi connectivity index (χ4n) is 13.1. The molecule has 0 radical (unpaired) electrons. The molecule has 0 amide bonds. The third-order valence-corrected chi connectivity index (χ3v) is 19.4. The Labute approximate surface area is 568 Å². The van der Waals surface area contributed by atoms with Gasteiger partial charge in [0.1, 0.15) is 13.2 Å². The first-order chi connectivity index (χ1) is 44.6. The Morgan fingerprint density at radius 2 is 0.495 bits per heavy atom. The number of esters is 2. The smallest absolute Gasteiger partial charge is 0.306 e. The van der Waals surface area contributed by atoms with Gasteiger partial charge in [-0.15, -0.1) is 0 Å². The van der Waals surface area contributed by atoms with Gasteiger partial charge in [-0.3, -0.25) is 9.59 Å². The van der Waals surface area contributed by atoms with Gasteiger partial charge in [-0.1, -0.05) is 425 Å². The molecule has 0 rings (SSSR count). The Morgan fingerprint density at radius 1 is 0.286 bits per heavy atom. The molecular weight excluding hydrogens is 1130 g/mol. The van der Waals surface area contributed by atoms with Crippen molar-refractivity contribution >= 4 is 17.9 Å². The second-order valence-electron chi connectivity index (χ2n) is 29.8. The number of unbranched alkanes of at least 4 members (excludes halogenated alkanes) is 64. The molecule has 2 atom stereocenters. The Hall–Kier alpha value is -1.71. The fraction of sp³-hybridized carbons (Fsp3) is 0.963. The van der Waals surface area contributed by atoms with Crippen molar-refractivity contribution in [2.75, 3.05) is 47.5 Å². The van der Waals surface area contributed by atoms with Crippen LogP contribution in [0.1, 0.15) is 450 Å². The van der Waals surface area contributed by atoms with Gasteiger partial charge in [-0.05, 0) is 12.8 Å². The van der Waals surface area contributed by atoms with E-state index in [9.17, 15) is 19.5 Å². The maximum Gasteiger partial charge on any atom is 0.306 e. The van der Waals surface area contributed by atoms with Crippen LogP contribution in [0.3, 0.4) is 0 Å². The van der Waals surface area contributed by atoms with Crippen molar-refractivity contribution in [3.63, 3.8) is 0 Å². The van der Waals surface area contributed by atoms with Crippen LogP contribution in [0.2, 0.25) is 0 Å². The van der Waals surface area contributed by atoms with E-state index in [0.29, 0.717) is 17.4 Å². The van der Waals surface area contributed by atoms with E-state index < -0.39 is 24.3 Å². The summed E-state index contributed by atoms with van der Waals surface area (Å²) in [6, 6.07) is 0. The van der Waals surface area contributed by atoms with Crippen LogP contribution < -0.4 is 5.11 Å². The maximum atomic E-state index is 13.0. The molecule has 2 unspecified atom stereocenters. The fourth-order valence-corrected chi connectivity index (χ4v) is 13.1. The van der Waals surface area contributed by atoms with Crippen LogP contribution in [0.15, 0.2) is 0 Å².